The SMILES string of the molecule is CCc1ccc(C2/C(=C(/O)c3ccc(C)cc3)C(=O)C(=O)N2CCOC(C)C)cc1. The molecule has 5 nitrogen and oxygen atoms in total. The number of benzene rings is 2. The largest absolute Gasteiger partial charge is 0.507 e. The van der Waals surface area contributed by atoms with Crippen molar-refractivity contribution in [2.24, 2.45) is 0 Å². The third kappa shape index (κ3) is 4.46. The van der Waals surface area contributed by atoms with Gasteiger partial charge < -0.3 is 14.7 Å². The number of carbonyl (C=O) groups excluding carboxylic acids is 2. The summed E-state index contributed by atoms with van der Waals surface area (Å²) in [4.78, 5) is 27.3. The molecule has 2 aromatic rings. The van der Waals surface area contributed by atoms with Crippen molar-refractivity contribution in [3.8, 4) is 0 Å². The first kappa shape index (κ1) is 21.8. The number of aliphatic hydroxyl groups excluding tert-OH is 1. The number of Topliss-reactive ketones (excluding diaryl/α,β-unsaturated/α-hetero) is 1. The maximum atomic E-state index is 13.0. The quantitative estimate of drug-likeness (QED) is 0.420. The standard InChI is InChI=1S/C25H29NO4/c1-5-18-8-12-19(13-9-18)22-21(23(27)20-10-6-17(4)7-11-20)24(28)25(29)26(22)14-15-30-16(2)3/h6-13,16,22,27H,5,14-15H2,1-4H3/b23-21-. The number of amides is 1. The van der Waals surface area contributed by atoms with Crippen molar-refractivity contribution in [2.45, 2.75) is 46.3 Å². The van der Waals surface area contributed by atoms with Crippen LogP contribution < -0.4 is 0 Å². The summed E-state index contributed by atoms with van der Waals surface area (Å²) in [6, 6.07) is 14.4. The van der Waals surface area contributed by atoms with Crippen LogP contribution in [-0.2, 0) is 20.7 Å². The summed E-state index contributed by atoms with van der Waals surface area (Å²) in [7, 11) is 0. The summed E-state index contributed by atoms with van der Waals surface area (Å²) in [6.07, 6.45) is 0.920. The molecule has 1 amide bonds. The van der Waals surface area contributed by atoms with Gasteiger partial charge in [0.25, 0.3) is 11.7 Å². The second kappa shape index (κ2) is 9.26. The first-order valence-corrected chi connectivity index (χ1v) is 10.4. The molecular weight excluding hydrogens is 378 g/mol. The Morgan fingerprint density at radius 3 is 2.27 bits per heavy atom. The second-order valence-electron chi connectivity index (χ2n) is 7.87. The van der Waals surface area contributed by atoms with Gasteiger partial charge in [-0.25, -0.2) is 0 Å². The third-order valence-electron chi connectivity index (χ3n) is 5.35. The zero-order valence-electron chi connectivity index (χ0n) is 18.0. The van der Waals surface area contributed by atoms with Crippen LogP contribution in [0.2, 0.25) is 0 Å². The van der Waals surface area contributed by atoms with Crippen molar-refractivity contribution in [1.29, 1.82) is 0 Å². The highest BCUT2D eigenvalue weighted by Gasteiger charge is 2.45. The van der Waals surface area contributed by atoms with E-state index in [0.717, 1.165) is 23.1 Å². The molecule has 1 aliphatic rings. The molecule has 0 bridgehead atoms. The van der Waals surface area contributed by atoms with Gasteiger partial charge in [-0.3, -0.25) is 9.59 Å². The van der Waals surface area contributed by atoms with E-state index in [-0.39, 0.29) is 24.0 Å². The topological polar surface area (TPSA) is 66.8 Å². The fourth-order valence-electron chi connectivity index (χ4n) is 3.65. The Morgan fingerprint density at radius 2 is 1.70 bits per heavy atom. The molecule has 158 valence electrons. The monoisotopic (exact) mass is 407 g/mol. The van der Waals surface area contributed by atoms with Crippen LogP contribution in [0.1, 0.15) is 49.1 Å². The van der Waals surface area contributed by atoms with E-state index in [2.05, 4.69) is 6.92 Å². The minimum absolute atomic E-state index is 0.0247. The summed E-state index contributed by atoms with van der Waals surface area (Å²) in [5.41, 5.74) is 3.65. The van der Waals surface area contributed by atoms with Crippen LogP contribution in [0.15, 0.2) is 54.1 Å². The molecule has 5 heteroatoms. The Hall–Kier alpha value is -2.92. The predicted octanol–water partition coefficient (Wildman–Crippen LogP) is 4.40. The van der Waals surface area contributed by atoms with Crippen LogP contribution >= 0.6 is 0 Å². The first-order chi connectivity index (χ1) is 14.3. The highest BCUT2D eigenvalue weighted by Crippen LogP contribution is 2.39. The third-order valence-corrected chi connectivity index (χ3v) is 5.35. The molecule has 0 spiro atoms. The number of ketones is 1. The summed E-state index contributed by atoms with van der Waals surface area (Å²) in [6.45, 7) is 8.46. The number of carbonyl (C=O) groups is 2. The van der Waals surface area contributed by atoms with Crippen LogP contribution in [-0.4, -0.2) is 41.0 Å². The van der Waals surface area contributed by atoms with E-state index in [0.29, 0.717) is 12.2 Å². The van der Waals surface area contributed by atoms with Gasteiger partial charge in [0.1, 0.15) is 5.76 Å². The van der Waals surface area contributed by atoms with Crippen LogP contribution in [0.3, 0.4) is 0 Å². The number of rotatable bonds is 7. The Labute approximate surface area is 178 Å². The maximum absolute atomic E-state index is 13.0. The fourth-order valence-corrected chi connectivity index (χ4v) is 3.65. The second-order valence-corrected chi connectivity index (χ2v) is 7.87. The van der Waals surface area contributed by atoms with Gasteiger partial charge in [-0.1, -0.05) is 61.0 Å². The molecule has 1 fully saturated rings. The number of hydrogen-bond acceptors (Lipinski definition) is 4. The molecule has 30 heavy (non-hydrogen) atoms. The molecule has 0 aromatic heterocycles. The first-order valence-electron chi connectivity index (χ1n) is 10.4. The summed E-state index contributed by atoms with van der Waals surface area (Å²) < 4.78 is 5.62. The fraction of sp³-hybridized carbons (Fsp3) is 0.360. The highest BCUT2D eigenvalue weighted by molar-refractivity contribution is 6.46. The summed E-state index contributed by atoms with van der Waals surface area (Å²) >= 11 is 0. The van der Waals surface area contributed by atoms with Gasteiger partial charge in [-0.15, -0.1) is 0 Å². The lowest BCUT2D eigenvalue weighted by Crippen LogP contribution is -2.33. The molecule has 1 aliphatic heterocycles. The Bertz CT molecular complexity index is 942. The number of ether oxygens (including phenoxy) is 1. The van der Waals surface area contributed by atoms with Crippen molar-refractivity contribution < 1.29 is 19.4 Å². The van der Waals surface area contributed by atoms with E-state index in [1.165, 1.54) is 4.90 Å². The minimum Gasteiger partial charge on any atom is -0.507 e. The molecule has 1 atom stereocenters. The van der Waals surface area contributed by atoms with E-state index in [4.69, 9.17) is 4.74 Å². The molecule has 1 unspecified atom stereocenters. The zero-order chi connectivity index (χ0) is 21.8. The average molecular weight is 408 g/mol. The van der Waals surface area contributed by atoms with Crippen molar-refractivity contribution in [3.05, 3.63) is 76.4 Å². The Kier molecular flexibility index (Phi) is 6.73. The van der Waals surface area contributed by atoms with Gasteiger partial charge in [-0.2, -0.15) is 0 Å². The zero-order valence-corrected chi connectivity index (χ0v) is 18.0. The summed E-state index contributed by atoms with van der Waals surface area (Å²) in [5.74, 6) is -1.42. The van der Waals surface area contributed by atoms with E-state index in [9.17, 15) is 14.7 Å². The number of aliphatic hydroxyl groups is 1. The molecular formula is C25H29NO4. The van der Waals surface area contributed by atoms with Crippen molar-refractivity contribution >= 4 is 17.4 Å². The van der Waals surface area contributed by atoms with E-state index in [1.54, 1.807) is 12.1 Å². The Morgan fingerprint density at radius 1 is 1.07 bits per heavy atom. The van der Waals surface area contributed by atoms with Crippen LogP contribution in [0.25, 0.3) is 5.76 Å². The molecule has 1 saturated heterocycles. The van der Waals surface area contributed by atoms with Gasteiger partial charge in [0, 0.05) is 12.1 Å². The molecule has 2 aromatic carbocycles. The number of aryl methyl sites for hydroxylation is 2. The maximum Gasteiger partial charge on any atom is 0.295 e. The van der Waals surface area contributed by atoms with Crippen LogP contribution in [0.5, 0.6) is 0 Å². The number of nitrogens with zero attached hydrogens (tertiary/aromatic N) is 1. The van der Waals surface area contributed by atoms with Gasteiger partial charge in [0.15, 0.2) is 0 Å². The Balaban J connectivity index is 2.07. The highest BCUT2D eigenvalue weighted by atomic mass is 16.5. The van der Waals surface area contributed by atoms with Crippen molar-refractivity contribution in [3.63, 3.8) is 0 Å². The molecule has 3 rings (SSSR count). The molecule has 1 heterocycles. The average Bonchev–Trinajstić information content (AvgIpc) is 2.98. The van der Waals surface area contributed by atoms with E-state index < -0.39 is 17.7 Å². The molecule has 0 aliphatic carbocycles. The lowest BCUT2D eigenvalue weighted by molar-refractivity contribution is -0.140. The van der Waals surface area contributed by atoms with Gasteiger partial charge in [0.2, 0.25) is 0 Å². The van der Waals surface area contributed by atoms with Crippen molar-refractivity contribution in [2.75, 3.05) is 13.2 Å². The van der Waals surface area contributed by atoms with E-state index >= 15 is 0 Å². The van der Waals surface area contributed by atoms with Gasteiger partial charge >= 0.3 is 0 Å². The molecule has 0 radical (unpaired) electrons. The predicted molar refractivity (Wildman–Crippen MR) is 117 cm³/mol. The minimum atomic E-state index is -0.665. The number of likely N-dealkylation sites (tertiary alicyclic amines) is 1. The van der Waals surface area contributed by atoms with Gasteiger partial charge in [-0.05, 0) is 38.3 Å². The van der Waals surface area contributed by atoms with E-state index in [1.807, 2.05) is 57.2 Å². The smallest absolute Gasteiger partial charge is 0.295 e. The number of hydrogen-bond donors (Lipinski definition) is 1. The van der Waals surface area contributed by atoms with Crippen molar-refractivity contribution in [1.82, 2.24) is 4.90 Å². The van der Waals surface area contributed by atoms with Crippen LogP contribution in [0.4, 0.5) is 0 Å². The van der Waals surface area contributed by atoms with Crippen LogP contribution in [0, 0.1) is 6.92 Å². The lowest BCUT2D eigenvalue weighted by atomic mass is 9.94. The lowest BCUT2D eigenvalue weighted by Gasteiger charge is -2.26. The molecule has 1 N–H and O–H groups in total. The normalized spacial score (nSPS) is 18.4. The molecule has 0 saturated carbocycles. The van der Waals surface area contributed by atoms with Gasteiger partial charge in [0.05, 0.1) is 24.3 Å². The summed E-state index contributed by atoms with van der Waals surface area (Å²) in [5, 5.41) is 11.0.